The van der Waals surface area contributed by atoms with Crippen LogP contribution in [-0.4, -0.2) is 9.13 Å². The lowest BCUT2D eigenvalue weighted by molar-refractivity contribution is 1.18. The third kappa shape index (κ3) is 3.91. The molecule has 0 spiro atoms. The molecule has 2 heteroatoms. The van der Waals surface area contributed by atoms with E-state index in [1.54, 1.807) is 0 Å². The molecule has 42 heavy (non-hydrogen) atoms. The minimum atomic E-state index is 0.997. The molecule has 198 valence electrons. The van der Waals surface area contributed by atoms with Gasteiger partial charge < -0.3 is 9.13 Å². The third-order valence-electron chi connectivity index (χ3n) is 8.26. The summed E-state index contributed by atoms with van der Waals surface area (Å²) >= 11 is 0. The number of fused-ring (bicyclic) bond motifs is 6. The second-order valence-electron chi connectivity index (χ2n) is 11.1. The van der Waals surface area contributed by atoms with Gasteiger partial charge >= 0.3 is 0 Å². The van der Waals surface area contributed by atoms with Crippen molar-refractivity contribution in [1.29, 1.82) is 0 Å². The van der Waals surface area contributed by atoms with Crippen LogP contribution in [0.15, 0.2) is 133 Å². The van der Waals surface area contributed by atoms with E-state index in [1.165, 1.54) is 54.7 Å². The lowest BCUT2D eigenvalue weighted by atomic mass is 10.1. The predicted octanol–water partition coefficient (Wildman–Crippen LogP) is 9.90. The molecule has 2 aromatic heterocycles. The van der Waals surface area contributed by atoms with E-state index in [9.17, 15) is 0 Å². The maximum absolute atomic E-state index is 3.37. The van der Waals surface area contributed by atoms with Gasteiger partial charge in [-0.15, -0.1) is 0 Å². The minimum absolute atomic E-state index is 0.997. The molecule has 8 rings (SSSR count). The molecule has 2 heterocycles. The smallest absolute Gasteiger partial charge is 0.0541 e. The Kier molecular flexibility index (Phi) is 5.52. The van der Waals surface area contributed by atoms with E-state index < -0.39 is 0 Å². The fraction of sp³-hybridized carbons (Fsp3) is 0.0500. The number of aryl methyl sites for hydroxylation is 2. The van der Waals surface area contributed by atoms with E-state index in [0.717, 1.165) is 22.5 Å². The summed E-state index contributed by atoms with van der Waals surface area (Å²) in [6, 6.07) is 47.8. The molecule has 0 saturated carbocycles. The first-order valence-corrected chi connectivity index (χ1v) is 14.4. The van der Waals surface area contributed by atoms with Gasteiger partial charge in [-0.2, -0.15) is 0 Å². The van der Waals surface area contributed by atoms with Crippen LogP contribution in [0.3, 0.4) is 0 Å². The van der Waals surface area contributed by atoms with Crippen LogP contribution in [0.5, 0.6) is 0 Å². The quantitative estimate of drug-likeness (QED) is 0.195. The summed E-state index contributed by atoms with van der Waals surface area (Å²) in [5, 5.41) is 5.13. The lowest BCUT2D eigenvalue weighted by Crippen LogP contribution is -1.94. The van der Waals surface area contributed by atoms with Crippen molar-refractivity contribution in [2.24, 2.45) is 0 Å². The number of para-hydroxylation sites is 2. The van der Waals surface area contributed by atoms with E-state index in [-0.39, 0.29) is 0 Å². The molecule has 0 aliphatic heterocycles. The van der Waals surface area contributed by atoms with Gasteiger partial charge in [-0.3, -0.25) is 0 Å². The van der Waals surface area contributed by atoms with Gasteiger partial charge in [-0.05, 0) is 98.8 Å². The summed E-state index contributed by atoms with van der Waals surface area (Å²) in [7, 11) is 0. The zero-order chi connectivity index (χ0) is 28.2. The van der Waals surface area contributed by atoms with Gasteiger partial charge in [-0.25, -0.2) is 0 Å². The molecule has 0 unspecified atom stereocenters. The Morgan fingerprint density at radius 3 is 1.19 bits per heavy atom. The van der Waals surface area contributed by atoms with E-state index in [1.807, 2.05) is 0 Å². The van der Waals surface area contributed by atoms with Gasteiger partial charge in [0.25, 0.3) is 0 Å². The number of hydrogen-bond donors (Lipinski definition) is 0. The molecular formula is C40H28N2. The average Bonchev–Trinajstić information content (AvgIpc) is 3.53. The predicted molar refractivity (Wildman–Crippen MR) is 177 cm³/mol. The van der Waals surface area contributed by atoms with Crippen LogP contribution in [0.1, 0.15) is 22.3 Å². The van der Waals surface area contributed by atoms with Crippen LogP contribution in [0, 0.1) is 25.7 Å². The summed E-state index contributed by atoms with van der Waals surface area (Å²) < 4.78 is 4.69. The Morgan fingerprint density at radius 1 is 0.381 bits per heavy atom. The van der Waals surface area contributed by atoms with Gasteiger partial charge in [-0.1, -0.05) is 71.5 Å². The van der Waals surface area contributed by atoms with Crippen LogP contribution in [0.4, 0.5) is 0 Å². The second kappa shape index (κ2) is 9.54. The highest BCUT2D eigenvalue weighted by molar-refractivity contribution is 6.10. The molecule has 6 aromatic carbocycles. The van der Waals surface area contributed by atoms with E-state index in [2.05, 4.69) is 168 Å². The van der Waals surface area contributed by atoms with Crippen LogP contribution in [0.25, 0.3) is 55.0 Å². The topological polar surface area (TPSA) is 9.86 Å². The van der Waals surface area contributed by atoms with Crippen LogP contribution in [0.2, 0.25) is 0 Å². The Labute approximate surface area is 245 Å². The van der Waals surface area contributed by atoms with Crippen molar-refractivity contribution in [3.05, 3.63) is 156 Å². The zero-order valence-electron chi connectivity index (χ0n) is 23.6. The molecular weight excluding hydrogens is 508 g/mol. The fourth-order valence-electron chi connectivity index (χ4n) is 6.26. The molecule has 0 N–H and O–H groups in total. The van der Waals surface area contributed by atoms with E-state index in [0.29, 0.717) is 0 Å². The first-order chi connectivity index (χ1) is 20.6. The first kappa shape index (κ1) is 24.3. The number of nitrogens with zero attached hydrogens (tertiary/aromatic N) is 2. The zero-order valence-corrected chi connectivity index (χ0v) is 23.6. The highest BCUT2D eigenvalue weighted by Gasteiger charge is 2.13. The first-order valence-electron chi connectivity index (χ1n) is 14.4. The van der Waals surface area contributed by atoms with Crippen molar-refractivity contribution in [3.8, 4) is 23.2 Å². The fourth-order valence-corrected chi connectivity index (χ4v) is 6.26. The number of aromatic nitrogens is 2. The summed E-state index contributed by atoms with van der Waals surface area (Å²) in [5.41, 5.74) is 11.7. The van der Waals surface area contributed by atoms with Crippen LogP contribution >= 0.6 is 0 Å². The molecule has 8 aromatic rings. The third-order valence-corrected chi connectivity index (χ3v) is 8.26. The van der Waals surface area contributed by atoms with Gasteiger partial charge in [0.2, 0.25) is 0 Å². The van der Waals surface area contributed by atoms with Crippen LogP contribution in [-0.2, 0) is 0 Å². The van der Waals surface area contributed by atoms with Crippen molar-refractivity contribution >= 4 is 43.6 Å². The standard InChI is InChI=1S/C40H28N2/c1-27-11-23-39-35(25-27)33-7-3-5-9-37(33)41(39)31-19-15-29(16-20-31)13-14-30-17-21-32(22-18-30)42-38-10-6-4-8-34(38)36-26-28(2)12-24-40(36)42/h3-12,15-26H,1-2H3. The summed E-state index contributed by atoms with van der Waals surface area (Å²) in [6.45, 7) is 4.30. The molecule has 0 radical (unpaired) electrons. The van der Waals surface area contributed by atoms with Gasteiger partial charge in [0.1, 0.15) is 0 Å². The van der Waals surface area contributed by atoms with Crippen LogP contribution < -0.4 is 0 Å². The number of rotatable bonds is 2. The maximum atomic E-state index is 3.37. The summed E-state index contributed by atoms with van der Waals surface area (Å²) in [4.78, 5) is 0. The Balaban J connectivity index is 1.12. The van der Waals surface area contributed by atoms with Gasteiger partial charge in [0, 0.05) is 44.0 Å². The normalized spacial score (nSPS) is 11.4. The van der Waals surface area contributed by atoms with Gasteiger partial charge in [0.15, 0.2) is 0 Å². The monoisotopic (exact) mass is 536 g/mol. The Bertz CT molecular complexity index is 2190. The van der Waals surface area contributed by atoms with Gasteiger partial charge in [0.05, 0.1) is 22.1 Å². The lowest BCUT2D eigenvalue weighted by Gasteiger charge is -2.08. The Morgan fingerprint density at radius 2 is 0.762 bits per heavy atom. The molecule has 0 aliphatic carbocycles. The molecule has 0 amide bonds. The largest absolute Gasteiger partial charge is 0.309 e. The number of hydrogen-bond acceptors (Lipinski definition) is 0. The SMILES string of the molecule is Cc1ccc2c(c1)c1ccccc1n2-c1ccc(C#Cc2ccc(-n3c4ccccc4c4cc(C)ccc43)cc2)cc1. The molecule has 0 fully saturated rings. The van der Waals surface area contributed by atoms with Crippen molar-refractivity contribution in [2.75, 3.05) is 0 Å². The minimum Gasteiger partial charge on any atom is -0.309 e. The van der Waals surface area contributed by atoms with Crippen molar-refractivity contribution < 1.29 is 0 Å². The molecule has 2 nitrogen and oxygen atoms in total. The Hall–Kier alpha value is -5.52. The van der Waals surface area contributed by atoms with Crippen molar-refractivity contribution in [1.82, 2.24) is 9.13 Å². The summed E-state index contributed by atoms with van der Waals surface area (Å²) in [6.07, 6.45) is 0. The average molecular weight is 537 g/mol. The van der Waals surface area contributed by atoms with Crippen molar-refractivity contribution in [3.63, 3.8) is 0 Å². The molecule has 0 saturated heterocycles. The molecule has 0 bridgehead atoms. The molecule has 0 atom stereocenters. The van der Waals surface area contributed by atoms with Crippen molar-refractivity contribution in [2.45, 2.75) is 13.8 Å². The summed E-state index contributed by atoms with van der Waals surface area (Å²) in [5.74, 6) is 6.74. The maximum Gasteiger partial charge on any atom is 0.0541 e. The van der Waals surface area contributed by atoms with E-state index in [4.69, 9.17) is 0 Å². The highest BCUT2D eigenvalue weighted by atomic mass is 15.0. The molecule has 0 aliphatic rings. The van der Waals surface area contributed by atoms with E-state index >= 15 is 0 Å². The number of benzene rings is 6. The highest BCUT2D eigenvalue weighted by Crippen LogP contribution is 2.34. The second-order valence-corrected chi connectivity index (χ2v) is 11.1.